The minimum Gasteiger partial charge on any atom is -0.406 e. The van der Waals surface area contributed by atoms with Gasteiger partial charge < -0.3 is 15.8 Å². The summed E-state index contributed by atoms with van der Waals surface area (Å²) in [6.07, 6.45) is -0.407. The molecule has 0 aliphatic rings. The maximum atomic E-state index is 12.2. The quantitative estimate of drug-likeness (QED) is 0.806. The number of nitrogens with one attached hydrogen (secondary N) is 1. The first-order chi connectivity index (χ1) is 11.8. The van der Waals surface area contributed by atoms with Crippen LogP contribution in [0.4, 0.5) is 24.7 Å². The van der Waals surface area contributed by atoms with Crippen LogP contribution in [-0.4, -0.2) is 29.6 Å². The molecule has 0 radical (unpaired) electrons. The Morgan fingerprint density at radius 3 is 2.48 bits per heavy atom. The standard InChI is InChI=1S/C16H16F3N5O/c1-10-14(11(7-20)8-21-2)22-9-23-15(10)24-12-3-5-13(6-4-12)25-16(17,18)19/h3-9H,20H2,1-2H3,(H,22,23,24). The summed E-state index contributed by atoms with van der Waals surface area (Å²) in [6.45, 7) is 1.80. The zero-order chi connectivity index (χ0) is 18.4. The molecule has 0 bridgehead atoms. The Hall–Kier alpha value is -3.10. The van der Waals surface area contributed by atoms with Gasteiger partial charge in [-0.2, -0.15) is 0 Å². The third-order valence-electron chi connectivity index (χ3n) is 3.16. The second kappa shape index (κ2) is 7.65. The molecule has 0 spiro atoms. The molecule has 132 valence electrons. The molecule has 25 heavy (non-hydrogen) atoms. The van der Waals surface area contributed by atoms with Gasteiger partial charge in [-0.05, 0) is 31.2 Å². The first-order valence-corrected chi connectivity index (χ1v) is 7.13. The van der Waals surface area contributed by atoms with Gasteiger partial charge in [0.05, 0.1) is 5.69 Å². The third kappa shape index (κ3) is 4.93. The summed E-state index contributed by atoms with van der Waals surface area (Å²) in [5, 5.41) is 3.02. The number of aromatic nitrogens is 2. The lowest BCUT2D eigenvalue weighted by atomic mass is 10.1. The Morgan fingerprint density at radius 1 is 1.24 bits per heavy atom. The van der Waals surface area contributed by atoms with E-state index in [9.17, 15) is 13.2 Å². The molecule has 0 aliphatic carbocycles. The van der Waals surface area contributed by atoms with Crippen molar-refractivity contribution in [2.75, 3.05) is 12.4 Å². The van der Waals surface area contributed by atoms with Crippen molar-refractivity contribution in [3.63, 3.8) is 0 Å². The Balaban J connectivity index is 2.23. The van der Waals surface area contributed by atoms with E-state index in [1.165, 1.54) is 36.8 Å². The van der Waals surface area contributed by atoms with Gasteiger partial charge in [0, 0.05) is 36.3 Å². The van der Waals surface area contributed by atoms with E-state index in [0.717, 1.165) is 5.56 Å². The van der Waals surface area contributed by atoms with Gasteiger partial charge in [-0.3, -0.25) is 4.99 Å². The van der Waals surface area contributed by atoms with Crippen molar-refractivity contribution in [1.29, 1.82) is 0 Å². The first-order valence-electron chi connectivity index (χ1n) is 7.13. The minimum atomic E-state index is -4.72. The summed E-state index contributed by atoms with van der Waals surface area (Å²) >= 11 is 0. The van der Waals surface area contributed by atoms with Crippen LogP contribution in [0.3, 0.4) is 0 Å². The fraction of sp³-hybridized carbons (Fsp3) is 0.188. The summed E-state index contributed by atoms with van der Waals surface area (Å²) in [6, 6.07) is 5.33. The summed E-state index contributed by atoms with van der Waals surface area (Å²) in [5.41, 5.74) is 8.08. The Labute approximate surface area is 142 Å². The van der Waals surface area contributed by atoms with E-state index in [4.69, 9.17) is 5.73 Å². The number of alkyl halides is 3. The smallest absolute Gasteiger partial charge is 0.406 e. The lowest BCUT2D eigenvalue weighted by Crippen LogP contribution is -2.17. The van der Waals surface area contributed by atoms with Crippen LogP contribution >= 0.6 is 0 Å². The maximum absolute atomic E-state index is 12.2. The molecule has 0 unspecified atom stereocenters. The summed E-state index contributed by atoms with van der Waals surface area (Å²) in [4.78, 5) is 12.3. The van der Waals surface area contributed by atoms with Crippen LogP contribution in [0.2, 0.25) is 0 Å². The number of nitrogens with zero attached hydrogens (tertiary/aromatic N) is 3. The SMILES string of the molecule is CN=CC(=CN)c1ncnc(Nc2ccc(OC(F)(F)F)cc2)c1C. The first kappa shape index (κ1) is 18.2. The predicted octanol–water partition coefficient (Wildman–Crippen LogP) is 3.43. The molecule has 3 N–H and O–H groups in total. The van der Waals surface area contributed by atoms with Crippen LogP contribution in [0.5, 0.6) is 5.75 Å². The van der Waals surface area contributed by atoms with Crippen LogP contribution in [0, 0.1) is 6.92 Å². The molecule has 0 atom stereocenters. The van der Waals surface area contributed by atoms with Gasteiger partial charge in [0.15, 0.2) is 0 Å². The van der Waals surface area contributed by atoms with Crippen LogP contribution in [-0.2, 0) is 0 Å². The molecule has 0 aliphatic heterocycles. The van der Waals surface area contributed by atoms with Crippen LogP contribution in [0.1, 0.15) is 11.3 Å². The minimum absolute atomic E-state index is 0.300. The predicted molar refractivity (Wildman–Crippen MR) is 89.8 cm³/mol. The van der Waals surface area contributed by atoms with Crippen LogP contribution in [0.25, 0.3) is 5.57 Å². The number of aliphatic imine (C=N–C) groups is 1. The summed E-state index contributed by atoms with van der Waals surface area (Å²) < 4.78 is 40.4. The number of ether oxygens (including phenoxy) is 1. The van der Waals surface area contributed by atoms with Crippen molar-refractivity contribution in [3.05, 3.63) is 48.1 Å². The van der Waals surface area contributed by atoms with Crippen molar-refractivity contribution in [2.24, 2.45) is 10.7 Å². The van der Waals surface area contributed by atoms with Crippen molar-refractivity contribution in [3.8, 4) is 5.75 Å². The molecule has 0 amide bonds. The highest BCUT2D eigenvalue weighted by Gasteiger charge is 2.30. The molecule has 0 saturated carbocycles. The largest absolute Gasteiger partial charge is 0.573 e. The molecule has 1 aromatic carbocycles. The van der Waals surface area contributed by atoms with Crippen LogP contribution < -0.4 is 15.8 Å². The highest BCUT2D eigenvalue weighted by atomic mass is 19.4. The molecule has 2 rings (SSSR count). The molecular formula is C16H16F3N5O. The topological polar surface area (TPSA) is 85.4 Å². The maximum Gasteiger partial charge on any atom is 0.573 e. The normalized spacial score (nSPS) is 12.4. The van der Waals surface area contributed by atoms with Gasteiger partial charge in [-0.25, -0.2) is 9.97 Å². The molecule has 0 saturated heterocycles. The molecule has 1 heterocycles. The van der Waals surface area contributed by atoms with E-state index in [1.54, 1.807) is 20.2 Å². The van der Waals surface area contributed by atoms with E-state index in [2.05, 4.69) is 25.0 Å². The van der Waals surface area contributed by atoms with Crippen LogP contribution in [0.15, 0.2) is 41.8 Å². The second-order valence-corrected chi connectivity index (χ2v) is 4.90. The monoisotopic (exact) mass is 351 g/mol. The summed E-state index contributed by atoms with van der Waals surface area (Å²) in [5.74, 6) is 0.198. The van der Waals surface area contributed by atoms with E-state index in [0.29, 0.717) is 22.8 Å². The van der Waals surface area contributed by atoms with Crippen molar-refractivity contribution in [2.45, 2.75) is 13.3 Å². The Morgan fingerprint density at radius 2 is 1.92 bits per heavy atom. The van der Waals surface area contributed by atoms with Crippen molar-refractivity contribution >= 4 is 23.3 Å². The lowest BCUT2D eigenvalue weighted by molar-refractivity contribution is -0.274. The second-order valence-electron chi connectivity index (χ2n) is 4.90. The number of halogens is 3. The van der Waals surface area contributed by atoms with E-state index < -0.39 is 6.36 Å². The number of hydrogen-bond acceptors (Lipinski definition) is 6. The highest BCUT2D eigenvalue weighted by Crippen LogP contribution is 2.26. The molecule has 6 nitrogen and oxygen atoms in total. The highest BCUT2D eigenvalue weighted by molar-refractivity contribution is 6.09. The molecular weight excluding hydrogens is 335 g/mol. The van der Waals surface area contributed by atoms with Crippen molar-refractivity contribution < 1.29 is 17.9 Å². The average molecular weight is 351 g/mol. The lowest BCUT2D eigenvalue weighted by Gasteiger charge is -2.13. The fourth-order valence-corrected chi connectivity index (χ4v) is 2.07. The third-order valence-corrected chi connectivity index (χ3v) is 3.16. The van der Waals surface area contributed by atoms with Crippen molar-refractivity contribution in [1.82, 2.24) is 9.97 Å². The van der Waals surface area contributed by atoms with Gasteiger partial charge in [0.25, 0.3) is 0 Å². The average Bonchev–Trinajstić information content (AvgIpc) is 2.55. The van der Waals surface area contributed by atoms with E-state index in [1.807, 2.05) is 0 Å². The number of benzene rings is 1. The zero-order valence-electron chi connectivity index (χ0n) is 13.5. The number of allylic oxidation sites excluding steroid dienone is 1. The number of nitrogens with two attached hydrogens (primary N) is 1. The van der Waals surface area contributed by atoms with Gasteiger partial charge >= 0.3 is 6.36 Å². The number of anilines is 2. The molecule has 0 fully saturated rings. The van der Waals surface area contributed by atoms with E-state index >= 15 is 0 Å². The fourth-order valence-electron chi connectivity index (χ4n) is 2.07. The zero-order valence-corrected chi connectivity index (χ0v) is 13.5. The Kier molecular flexibility index (Phi) is 5.58. The van der Waals surface area contributed by atoms with E-state index in [-0.39, 0.29) is 5.75 Å². The number of hydrogen-bond donors (Lipinski definition) is 2. The molecule has 9 heteroatoms. The molecule has 1 aromatic heterocycles. The number of rotatable bonds is 5. The molecule has 2 aromatic rings. The van der Waals surface area contributed by atoms with Gasteiger partial charge in [-0.1, -0.05) is 0 Å². The van der Waals surface area contributed by atoms with Gasteiger partial charge in [0.1, 0.15) is 17.9 Å². The van der Waals surface area contributed by atoms with Gasteiger partial charge in [0.2, 0.25) is 0 Å². The Bertz CT molecular complexity index is 785. The summed E-state index contributed by atoms with van der Waals surface area (Å²) in [7, 11) is 1.61. The van der Waals surface area contributed by atoms with Gasteiger partial charge in [-0.15, -0.1) is 13.2 Å².